The molecular formula is C12H13BrN4O. The number of halogens is 1. The third-order valence-electron chi connectivity index (χ3n) is 3.32. The number of rotatable bonds is 2. The van der Waals surface area contributed by atoms with Crippen LogP contribution in [0.3, 0.4) is 0 Å². The standard InChI is InChI=1S/C12H13BrN4O/c13-9-2-1-3-10(9)16-12(18)8-6-15-17-5-4-14-7-11(8)17/h4-7,9-10H,1-3H2,(H,16,18). The molecule has 18 heavy (non-hydrogen) atoms. The summed E-state index contributed by atoms with van der Waals surface area (Å²) < 4.78 is 1.65. The van der Waals surface area contributed by atoms with Crippen molar-refractivity contribution in [3.8, 4) is 0 Å². The Hall–Kier alpha value is -1.43. The molecule has 3 rings (SSSR count). The van der Waals surface area contributed by atoms with Crippen LogP contribution >= 0.6 is 15.9 Å². The summed E-state index contributed by atoms with van der Waals surface area (Å²) >= 11 is 3.60. The number of amides is 1. The fourth-order valence-electron chi connectivity index (χ4n) is 2.33. The monoisotopic (exact) mass is 308 g/mol. The van der Waals surface area contributed by atoms with Gasteiger partial charge in [-0.1, -0.05) is 22.4 Å². The van der Waals surface area contributed by atoms with Crippen LogP contribution in [0.25, 0.3) is 5.52 Å². The third kappa shape index (κ3) is 2.01. The van der Waals surface area contributed by atoms with Gasteiger partial charge in [0.2, 0.25) is 0 Å². The topological polar surface area (TPSA) is 59.3 Å². The molecule has 2 aromatic heterocycles. The van der Waals surface area contributed by atoms with Gasteiger partial charge in [0.05, 0.1) is 23.5 Å². The lowest BCUT2D eigenvalue weighted by molar-refractivity contribution is 0.0940. The Balaban J connectivity index is 1.84. The highest BCUT2D eigenvalue weighted by Crippen LogP contribution is 2.26. The molecule has 1 amide bonds. The van der Waals surface area contributed by atoms with Crippen molar-refractivity contribution in [2.75, 3.05) is 0 Å². The summed E-state index contributed by atoms with van der Waals surface area (Å²) in [7, 11) is 0. The van der Waals surface area contributed by atoms with E-state index in [-0.39, 0.29) is 11.9 Å². The quantitative estimate of drug-likeness (QED) is 0.860. The molecule has 0 aliphatic heterocycles. The van der Waals surface area contributed by atoms with E-state index in [9.17, 15) is 4.79 Å². The average molecular weight is 309 g/mol. The van der Waals surface area contributed by atoms with Crippen LogP contribution in [0.1, 0.15) is 29.6 Å². The number of nitrogens with one attached hydrogen (secondary N) is 1. The molecule has 5 nitrogen and oxygen atoms in total. The number of carbonyl (C=O) groups excluding carboxylic acids is 1. The van der Waals surface area contributed by atoms with E-state index in [0.717, 1.165) is 24.8 Å². The van der Waals surface area contributed by atoms with Gasteiger partial charge in [-0.05, 0) is 12.8 Å². The van der Waals surface area contributed by atoms with Gasteiger partial charge < -0.3 is 5.32 Å². The van der Waals surface area contributed by atoms with Gasteiger partial charge in [-0.3, -0.25) is 9.78 Å². The van der Waals surface area contributed by atoms with Crippen LogP contribution in [-0.2, 0) is 0 Å². The molecule has 1 aliphatic rings. The number of carbonyl (C=O) groups is 1. The summed E-state index contributed by atoms with van der Waals surface area (Å²) in [6.07, 6.45) is 9.91. The van der Waals surface area contributed by atoms with Crippen LogP contribution in [0.2, 0.25) is 0 Å². The Morgan fingerprint density at radius 3 is 3.11 bits per heavy atom. The van der Waals surface area contributed by atoms with Crippen molar-refractivity contribution in [1.29, 1.82) is 0 Å². The van der Waals surface area contributed by atoms with Gasteiger partial charge in [0, 0.05) is 23.3 Å². The predicted octanol–water partition coefficient (Wildman–Crippen LogP) is 1.78. The van der Waals surface area contributed by atoms with E-state index in [1.807, 2.05) is 0 Å². The molecule has 1 fully saturated rings. The van der Waals surface area contributed by atoms with Gasteiger partial charge in [-0.15, -0.1) is 0 Å². The van der Waals surface area contributed by atoms with Crippen molar-refractivity contribution >= 4 is 27.4 Å². The van der Waals surface area contributed by atoms with Crippen molar-refractivity contribution in [3.63, 3.8) is 0 Å². The normalized spacial score (nSPS) is 23.4. The lowest BCUT2D eigenvalue weighted by atomic mass is 10.2. The number of hydrogen-bond donors (Lipinski definition) is 1. The maximum absolute atomic E-state index is 12.2. The first kappa shape index (κ1) is 11.6. The number of alkyl halides is 1. The Morgan fingerprint density at radius 1 is 1.44 bits per heavy atom. The van der Waals surface area contributed by atoms with Gasteiger partial charge in [-0.25, -0.2) is 4.52 Å². The maximum atomic E-state index is 12.2. The van der Waals surface area contributed by atoms with Crippen molar-refractivity contribution in [3.05, 3.63) is 30.4 Å². The molecule has 2 unspecified atom stereocenters. The smallest absolute Gasteiger partial charge is 0.255 e. The molecule has 2 heterocycles. The Kier molecular flexibility index (Phi) is 3.03. The van der Waals surface area contributed by atoms with Crippen molar-refractivity contribution in [2.24, 2.45) is 0 Å². The molecule has 2 atom stereocenters. The first-order chi connectivity index (χ1) is 8.75. The molecular weight excluding hydrogens is 296 g/mol. The second-order valence-electron chi connectivity index (χ2n) is 4.49. The van der Waals surface area contributed by atoms with E-state index in [0.29, 0.717) is 10.4 Å². The first-order valence-electron chi connectivity index (χ1n) is 5.98. The van der Waals surface area contributed by atoms with Gasteiger partial charge in [0.15, 0.2) is 0 Å². The van der Waals surface area contributed by atoms with E-state index in [1.165, 1.54) is 0 Å². The number of aromatic nitrogens is 3. The second kappa shape index (κ2) is 4.68. The zero-order valence-corrected chi connectivity index (χ0v) is 11.3. The minimum atomic E-state index is -0.0747. The molecule has 0 radical (unpaired) electrons. The maximum Gasteiger partial charge on any atom is 0.255 e. The molecule has 0 aromatic carbocycles. The van der Waals surface area contributed by atoms with E-state index >= 15 is 0 Å². The molecule has 0 saturated heterocycles. The average Bonchev–Trinajstić information content (AvgIpc) is 2.96. The van der Waals surface area contributed by atoms with Crippen molar-refractivity contribution < 1.29 is 4.79 Å². The Morgan fingerprint density at radius 2 is 2.33 bits per heavy atom. The van der Waals surface area contributed by atoms with Gasteiger partial charge in [0.1, 0.15) is 0 Å². The molecule has 0 bridgehead atoms. The second-order valence-corrected chi connectivity index (χ2v) is 5.67. The summed E-state index contributed by atoms with van der Waals surface area (Å²) in [4.78, 5) is 16.6. The van der Waals surface area contributed by atoms with Crippen LogP contribution in [0.4, 0.5) is 0 Å². The minimum absolute atomic E-state index is 0.0747. The van der Waals surface area contributed by atoms with E-state index < -0.39 is 0 Å². The van der Waals surface area contributed by atoms with E-state index in [1.54, 1.807) is 29.3 Å². The summed E-state index contributed by atoms with van der Waals surface area (Å²) in [5.74, 6) is -0.0747. The lowest BCUT2D eigenvalue weighted by Crippen LogP contribution is -2.37. The molecule has 6 heteroatoms. The van der Waals surface area contributed by atoms with Crippen LogP contribution in [0.5, 0.6) is 0 Å². The molecule has 94 valence electrons. The predicted molar refractivity (Wildman–Crippen MR) is 70.8 cm³/mol. The highest BCUT2D eigenvalue weighted by Gasteiger charge is 2.27. The number of nitrogens with zero attached hydrogens (tertiary/aromatic N) is 3. The third-order valence-corrected chi connectivity index (χ3v) is 4.41. The number of hydrogen-bond acceptors (Lipinski definition) is 3. The molecule has 1 N–H and O–H groups in total. The van der Waals surface area contributed by atoms with Crippen LogP contribution in [0, 0.1) is 0 Å². The number of fused-ring (bicyclic) bond motifs is 1. The molecule has 1 saturated carbocycles. The zero-order valence-electron chi connectivity index (χ0n) is 9.71. The summed E-state index contributed by atoms with van der Waals surface area (Å²) in [5, 5.41) is 7.19. The largest absolute Gasteiger partial charge is 0.348 e. The molecule has 0 spiro atoms. The summed E-state index contributed by atoms with van der Waals surface area (Å²) in [6.45, 7) is 0. The SMILES string of the molecule is O=C(NC1CCCC1Br)c1cnn2ccncc12. The van der Waals surface area contributed by atoms with Crippen LogP contribution in [0.15, 0.2) is 24.8 Å². The minimum Gasteiger partial charge on any atom is -0.348 e. The van der Waals surface area contributed by atoms with Gasteiger partial charge in [0.25, 0.3) is 5.91 Å². The van der Waals surface area contributed by atoms with E-state index in [2.05, 4.69) is 31.3 Å². The Bertz CT molecular complexity index is 582. The highest BCUT2D eigenvalue weighted by atomic mass is 79.9. The van der Waals surface area contributed by atoms with Crippen LogP contribution < -0.4 is 5.32 Å². The summed E-state index contributed by atoms with van der Waals surface area (Å²) in [6, 6.07) is 0.212. The van der Waals surface area contributed by atoms with Gasteiger partial charge in [-0.2, -0.15) is 5.10 Å². The summed E-state index contributed by atoms with van der Waals surface area (Å²) in [5.41, 5.74) is 1.31. The fraction of sp³-hybridized carbons (Fsp3) is 0.417. The van der Waals surface area contributed by atoms with Crippen molar-refractivity contribution in [2.45, 2.75) is 30.1 Å². The van der Waals surface area contributed by atoms with Crippen LogP contribution in [-0.4, -0.2) is 31.4 Å². The van der Waals surface area contributed by atoms with Gasteiger partial charge >= 0.3 is 0 Å². The molecule has 1 aliphatic carbocycles. The lowest BCUT2D eigenvalue weighted by Gasteiger charge is -2.15. The molecule has 2 aromatic rings. The highest BCUT2D eigenvalue weighted by molar-refractivity contribution is 9.09. The fourth-order valence-corrected chi connectivity index (χ4v) is 3.05. The first-order valence-corrected chi connectivity index (χ1v) is 6.89. The van der Waals surface area contributed by atoms with Crippen molar-refractivity contribution in [1.82, 2.24) is 19.9 Å². The zero-order chi connectivity index (χ0) is 12.5. The Labute approximate surface area is 113 Å². The van der Waals surface area contributed by atoms with E-state index in [4.69, 9.17) is 0 Å².